The lowest BCUT2D eigenvalue weighted by Crippen LogP contribution is -2.27. The summed E-state index contributed by atoms with van der Waals surface area (Å²) in [6.07, 6.45) is 8.49. The molecule has 0 fully saturated rings. The van der Waals surface area contributed by atoms with E-state index in [1.54, 1.807) is 52.5 Å². The molecular formula is C16H18N6O. The minimum Gasteiger partial charge on any atom is -0.345 e. The van der Waals surface area contributed by atoms with Gasteiger partial charge in [0.05, 0.1) is 12.2 Å². The number of nitrogens with one attached hydrogen (secondary N) is 1. The fraction of sp³-hybridized carbons (Fsp3) is 0.250. The third kappa shape index (κ3) is 2.98. The molecule has 0 aliphatic heterocycles. The van der Waals surface area contributed by atoms with E-state index < -0.39 is 0 Å². The number of carbonyl (C=O) groups excluding carboxylic acids is 1. The maximum atomic E-state index is 12.5. The van der Waals surface area contributed by atoms with Crippen molar-refractivity contribution in [1.29, 1.82) is 0 Å². The number of aromatic nitrogens is 5. The molecule has 0 aromatic carbocycles. The van der Waals surface area contributed by atoms with Crippen molar-refractivity contribution in [2.75, 3.05) is 0 Å². The second-order valence-electron chi connectivity index (χ2n) is 5.38. The molecule has 7 nitrogen and oxygen atoms in total. The first kappa shape index (κ1) is 15.0. The smallest absolute Gasteiger partial charge is 0.251 e. The maximum absolute atomic E-state index is 12.5. The Balaban J connectivity index is 1.78. The van der Waals surface area contributed by atoms with E-state index in [0.717, 1.165) is 11.3 Å². The highest BCUT2D eigenvalue weighted by Crippen LogP contribution is 2.17. The molecule has 1 amide bonds. The van der Waals surface area contributed by atoms with E-state index in [9.17, 15) is 4.79 Å². The lowest BCUT2D eigenvalue weighted by molar-refractivity contribution is 0.0939. The minimum atomic E-state index is -0.149. The molecule has 1 unspecified atom stereocenters. The topological polar surface area (TPSA) is 77.6 Å². The molecule has 3 aromatic rings. The van der Waals surface area contributed by atoms with Crippen molar-refractivity contribution >= 4 is 5.91 Å². The molecule has 3 heterocycles. The van der Waals surface area contributed by atoms with E-state index in [0.29, 0.717) is 11.4 Å². The predicted octanol–water partition coefficient (Wildman–Crippen LogP) is 1.80. The standard InChI is InChI=1S/C16H18N6O/c1-11(14-9-19-21(3)12(14)2)20-16(23)13-4-5-18-15(8-13)22-7-6-17-10-22/h4-11H,1-3H3,(H,20,23). The molecule has 7 heteroatoms. The van der Waals surface area contributed by atoms with E-state index in [-0.39, 0.29) is 11.9 Å². The van der Waals surface area contributed by atoms with Gasteiger partial charge in [-0.05, 0) is 26.0 Å². The summed E-state index contributed by atoms with van der Waals surface area (Å²) in [6.45, 7) is 3.93. The molecular weight excluding hydrogens is 292 g/mol. The summed E-state index contributed by atoms with van der Waals surface area (Å²) < 4.78 is 3.55. The Morgan fingerprint density at radius 1 is 1.35 bits per heavy atom. The van der Waals surface area contributed by atoms with Crippen LogP contribution in [0.25, 0.3) is 5.82 Å². The number of hydrogen-bond acceptors (Lipinski definition) is 4. The molecule has 0 bridgehead atoms. The van der Waals surface area contributed by atoms with Gasteiger partial charge in [-0.1, -0.05) is 0 Å². The zero-order chi connectivity index (χ0) is 16.4. The number of nitrogens with zero attached hydrogens (tertiary/aromatic N) is 5. The van der Waals surface area contributed by atoms with Crippen molar-refractivity contribution in [3.8, 4) is 5.82 Å². The maximum Gasteiger partial charge on any atom is 0.251 e. The van der Waals surface area contributed by atoms with Gasteiger partial charge in [0, 0.05) is 42.5 Å². The van der Waals surface area contributed by atoms with Crippen LogP contribution in [-0.2, 0) is 7.05 Å². The van der Waals surface area contributed by atoms with E-state index in [1.165, 1.54) is 0 Å². The van der Waals surface area contributed by atoms with Crippen LogP contribution in [0.3, 0.4) is 0 Å². The van der Waals surface area contributed by atoms with Gasteiger partial charge in [0.1, 0.15) is 12.1 Å². The molecule has 118 valence electrons. The van der Waals surface area contributed by atoms with Crippen LogP contribution in [-0.4, -0.2) is 30.2 Å². The molecule has 0 spiro atoms. The Labute approximate surface area is 134 Å². The molecule has 0 aliphatic carbocycles. The predicted molar refractivity (Wildman–Crippen MR) is 85.2 cm³/mol. The van der Waals surface area contributed by atoms with E-state index in [2.05, 4.69) is 20.4 Å². The Hall–Kier alpha value is -2.96. The van der Waals surface area contributed by atoms with Crippen LogP contribution < -0.4 is 5.32 Å². The van der Waals surface area contributed by atoms with Crippen LogP contribution in [0.4, 0.5) is 0 Å². The summed E-state index contributed by atoms with van der Waals surface area (Å²) in [6, 6.07) is 3.30. The highest BCUT2D eigenvalue weighted by Gasteiger charge is 2.16. The van der Waals surface area contributed by atoms with Crippen LogP contribution in [0.2, 0.25) is 0 Å². The first-order chi connectivity index (χ1) is 11.1. The van der Waals surface area contributed by atoms with E-state index in [1.807, 2.05) is 20.9 Å². The van der Waals surface area contributed by atoms with Crippen LogP contribution >= 0.6 is 0 Å². The summed E-state index contributed by atoms with van der Waals surface area (Å²) in [5, 5.41) is 7.20. The molecule has 0 aliphatic rings. The lowest BCUT2D eigenvalue weighted by atomic mass is 10.1. The van der Waals surface area contributed by atoms with Crippen LogP contribution in [0.15, 0.2) is 43.2 Å². The molecule has 0 saturated heterocycles. The quantitative estimate of drug-likeness (QED) is 0.797. The number of aryl methyl sites for hydroxylation is 1. The summed E-state index contributed by atoms with van der Waals surface area (Å²) in [4.78, 5) is 20.7. The zero-order valence-corrected chi connectivity index (χ0v) is 13.3. The molecule has 3 rings (SSSR count). The van der Waals surface area contributed by atoms with Crippen molar-refractivity contribution in [1.82, 2.24) is 29.6 Å². The van der Waals surface area contributed by atoms with Crippen molar-refractivity contribution in [2.45, 2.75) is 19.9 Å². The van der Waals surface area contributed by atoms with Crippen molar-refractivity contribution in [2.24, 2.45) is 7.05 Å². The SMILES string of the molecule is Cc1c(C(C)NC(=O)c2ccnc(-n3ccnc3)c2)cnn1C. The average Bonchev–Trinajstić information content (AvgIpc) is 3.19. The summed E-state index contributed by atoms with van der Waals surface area (Å²) in [5.74, 6) is 0.505. The lowest BCUT2D eigenvalue weighted by Gasteiger charge is -2.14. The number of carbonyl (C=O) groups is 1. The second-order valence-corrected chi connectivity index (χ2v) is 5.38. The van der Waals surface area contributed by atoms with Gasteiger partial charge in [0.25, 0.3) is 5.91 Å². The minimum absolute atomic E-state index is 0.124. The zero-order valence-electron chi connectivity index (χ0n) is 13.3. The van der Waals surface area contributed by atoms with Crippen LogP contribution in [0.5, 0.6) is 0 Å². The number of amides is 1. The first-order valence-corrected chi connectivity index (χ1v) is 7.30. The Bertz CT molecular complexity index is 821. The molecule has 1 atom stereocenters. The van der Waals surface area contributed by atoms with Gasteiger partial charge >= 0.3 is 0 Å². The van der Waals surface area contributed by atoms with E-state index >= 15 is 0 Å². The van der Waals surface area contributed by atoms with Gasteiger partial charge in [0.2, 0.25) is 0 Å². The largest absolute Gasteiger partial charge is 0.345 e. The number of imidazole rings is 1. The van der Waals surface area contributed by atoms with Gasteiger partial charge in [-0.2, -0.15) is 5.10 Å². The average molecular weight is 310 g/mol. The fourth-order valence-corrected chi connectivity index (χ4v) is 2.39. The fourth-order valence-electron chi connectivity index (χ4n) is 2.39. The van der Waals surface area contributed by atoms with Gasteiger partial charge < -0.3 is 5.32 Å². The third-order valence-electron chi connectivity index (χ3n) is 3.86. The first-order valence-electron chi connectivity index (χ1n) is 7.30. The van der Waals surface area contributed by atoms with Gasteiger partial charge in [-0.15, -0.1) is 0 Å². The van der Waals surface area contributed by atoms with E-state index in [4.69, 9.17) is 0 Å². The normalized spacial score (nSPS) is 12.1. The number of hydrogen-bond donors (Lipinski definition) is 1. The molecule has 23 heavy (non-hydrogen) atoms. The Kier molecular flexibility index (Phi) is 3.92. The monoisotopic (exact) mass is 310 g/mol. The van der Waals surface area contributed by atoms with Crippen LogP contribution in [0.1, 0.15) is 34.6 Å². The summed E-state index contributed by atoms with van der Waals surface area (Å²) >= 11 is 0. The van der Waals surface area contributed by atoms with Gasteiger partial charge in [-0.25, -0.2) is 9.97 Å². The number of rotatable bonds is 4. The molecule has 3 aromatic heterocycles. The summed E-state index contributed by atoms with van der Waals surface area (Å²) in [7, 11) is 1.88. The van der Waals surface area contributed by atoms with Crippen molar-refractivity contribution in [3.05, 3.63) is 60.1 Å². The van der Waals surface area contributed by atoms with Gasteiger partial charge in [0.15, 0.2) is 0 Å². The summed E-state index contributed by atoms with van der Waals surface area (Å²) in [5.41, 5.74) is 2.59. The Morgan fingerprint density at radius 3 is 2.83 bits per heavy atom. The second kappa shape index (κ2) is 6.04. The van der Waals surface area contributed by atoms with Crippen molar-refractivity contribution < 1.29 is 4.79 Å². The highest BCUT2D eigenvalue weighted by atomic mass is 16.1. The molecule has 0 saturated carbocycles. The molecule has 0 radical (unpaired) electrons. The third-order valence-corrected chi connectivity index (χ3v) is 3.86. The van der Waals surface area contributed by atoms with Gasteiger partial charge in [-0.3, -0.25) is 14.0 Å². The molecule has 1 N–H and O–H groups in total. The van der Waals surface area contributed by atoms with Crippen LogP contribution in [0, 0.1) is 6.92 Å². The number of pyridine rings is 1. The van der Waals surface area contributed by atoms with Crippen molar-refractivity contribution in [3.63, 3.8) is 0 Å². The highest BCUT2D eigenvalue weighted by molar-refractivity contribution is 5.94. The Morgan fingerprint density at radius 2 is 2.17 bits per heavy atom.